The predicted molar refractivity (Wildman–Crippen MR) is 508 cm³/mol. The Bertz CT molecular complexity index is 6300. The zero-order valence-electron chi connectivity index (χ0n) is 75.6. The fourth-order valence-electron chi connectivity index (χ4n) is 11.9. The normalized spacial score (nSPS) is 11.6. The summed E-state index contributed by atoms with van der Waals surface area (Å²) in [5.74, 6) is 4.00. The van der Waals surface area contributed by atoms with Crippen molar-refractivity contribution in [2.75, 3.05) is 48.7 Å². The number of methoxy groups -OCH3 is 3. The van der Waals surface area contributed by atoms with Gasteiger partial charge in [-0.1, -0.05) is 142 Å². The first kappa shape index (κ1) is 109. The van der Waals surface area contributed by atoms with E-state index in [1.165, 1.54) is 107 Å². The molecule has 39 nitrogen and oxygen atoms in total. The van der Waals surface area contributed by atoms with E-state index in [1.807, 2.05) is 204 Å². The van der Waals surface area contributed by atoms with Crippen LogP contribution in [0.5, 0.6) is 0 Å². The van der Waals surface area contributed by atoms with Crippen molar-refractivity contribution in [3.8, 4) is 39.8 Å². The topological polar surface area (TPSA) is 542 Å². The van der Waals surface area contributed by atoms with Gasteiger partial charge in [-0.3, -0.25) is 30.3 Å². The number of imidazole rings is 1. The van der Waals surface area contributed by atoms with Gasteiger partial charge in [0, 0.05) is 71.5 Å². The summed E-state index contributed by atoms with van der Waals surface area (Å²) in [6, 6.07) is 57.9. The third-order valence-corrected chi connectivity index (χ3v) is 20.6. The Balaban J connectivity index is 0.000000237. The van der Waals surface area contributed by atoms with Gasteiger partial charge in [0.25, 0.3) is 6.48 Å². The molecule has 0 saturated carbocycles. The molecule has 0 radical (unpaired) electrons. The van der Waals surface area contributed by atoms with E-state index in [9.17, 15) is 30.3 Å². The number of anilines is 5. The molecule has 10 aromatic heterocycles. The van der Waals surface area contributed by atoms with Crippen LogP contribution in [0.3, 0.4) is 0 Å². The molecular formula is C86H95BBr2N20Na2O19S2. The van der Waals surface area contributed by atoms with Crippen molar-refractivity contribution < 1.29 is 73.2 Å². The van der Waals surface area contributed by atoms with Crippen molar-refractivity contribution in [3.05, 3.63) is 296 Å². The number of fused-ring (bicyclic) bond motifs is 1. The van der Waals surface area contributed by atoms with Gasteiger partial charge >= 0.3 is 86.3 Å². The van der Waals surface area contributed by atoms with E-state index in [-0.39, 0.29) is 52.8 Å². The summed E-state index contributed by atoms with van der Waals surface area (Å²) in [6.07, 6.45) is 1.84. The molecule has 1 saturated heterocycles. The van der Waals surface area contributed by atoms with E-state index in [4.69, 9.17) is 65.9 Å². The average molecular weight is 1990 g/mol. The second-order valence-corrected chi connectivity index (χ2v) is 32.6. The van der Waals surface area contributed by atoms with Gasteiger partial charge in [-0.05, 0) is 180 Å². The molecule has 0 spiro atoms. The minimum absolute atomic E-state index is 0.0332. The van der Waals surface area contributed by atoms with E-state index < -0.39 is 39.8 Å². The van der Waals surface area contributed by atoms with Crippen LogP contribution < -0.4 is 32.9 Å². The number of rotatable bonds is 21. The number of nitrogen functional groups attached to an aromatic ring is 2. The molecule has 0 unspecified atom stereocenters. The van der Waals surface area contributed by atoms with Crippen LogP contribution >= 0.6 is 31.9 Å². The van der Waals surface area contributed by atoms with E-state index in [0.29, 0.717) is 57.5 Å². The maximum absolute atomic E-state index is 11.3. The standard InChI is InChI=1S/C18H16N4O.C17H16N4O3.C17H18N4O.C12H10BrN3O2.C11H18BNO3.C5H4BrN3O2.C4H10O3.C2H3N.2Na.O4S2/c1-12-17(13(2)23-21-12)15-8-9-16-18(20-15)22(11-19-16)10-14-6-4-3-5-7-14;1-11-16(12(2)24-20-11)14-8-9-15(21(22)23)17(19-14)18-10-13-6-4-3-5-7-13;1-11-16(12(2)22-21-11)15-9-8-14(18)17(20-15)19-10-13-6-4-3-5-7-13;13-11-7-6-10(16(17)18)12(15-11)14-8-9-4-2-1-3-5-9;1-7-9(8(2)14-13-7)12-15-10(3,4)11(5,6)16-12;6-4-2-1-3(9(10)11)5(7)8-4;1-5-4(6-2)7-3;1-2-3;;;1-5(2)6(3)4/h3-9,11H,10H2,1-2H3;3-9H,10H2,1-2H3,(H,18,19);3-9H,10,18H2,1-2H3,(H,19,20);1-7H,8H2,(H,14,15);1-6H3;1-2H,(H2,7,8);4H,1-3H3;1H3;;;. The predicted octanol–water partition coefficient (Wildman–Crippen LogP) is 16.1. The Labute approximate surface area is 808 Å². The molecule has 132 heavy (non-hydrogen) atoms. The van der Waals surface area contributed by atoms with Crippen molar-refractivity contribution in [1.29, 1.82) is 5.26 Å². The molecular weight excluding hydrogens is 1900 g/mol. The first-order chi connectivity index (χ1) is 62.8. The van der Waals surface area contributed by atoms with Crippen LogP contribution in [0.25, 0.3) is 44.9 Å². The second-order valence-electron chi connectivity index (χ2n) is 28.5. The number of pyridine rings is 5. The van der Waals surface area contributed by atoms with Crippen LogP contribution in [-0.4, -0.2) is 176 Å². The summed E-state index contributed by atoms with van der Waals surface area (Å²) in [7, 11) is -1.74. The number of nitro groups is 3. The van der Waals surface area contributed by atoms with Crippen molar-refractivity contribution >= 4 is 164 Å². The number of benzene rings is 4. The number of nitriles is 1. The molecule has 1 aliphatic rings. The van der Waals surface area contributed by atoms with Crippen molar-refractivity contribution in [2.24, 2.45) is 0 Å². The number of aromatic nitrogens is 11. The van der Waals surface area contributed by atoms with Gasteiger partial charge in [-0.2, -0.15) is 22.1 Å². The van der Waals surface area contributed by atoms with Gasteiger partial charge in [0.2, 0.25) is 17.5 Å². The fourth-order valence-corrected chi connectivity index (χ4v) is 12.5. The Hall–Kier alpha value is -11.9. The van der Waals surface area contributed by atoms with Crippen LogP contribution in [0.2, 0.25) is 0 Å². The molecule has 0 amide bonds. The summed E-state index contributed by atoms with van der Waals surface area (Å²) in [4.78, 5) is 56.8. The van der Waals surface area contributed by atoms with Crippen molar-refractivity contribution in [2.45, 2.75) is 134 Å². The molecule has 7 N–H and O–H groups in total. The number of hydrogen-bond acceptors (Lipinski definition) is 35. The van der Waals surface area contributed by atoms with Gasteiger partial charge in [-0.25, -0.2) is 29.9 Å². The zero-order valence-corrected chi connectivity index (χ0v) is 84.4. The van der Waals surface area contributed by atoms with Gasteiger partial charge in [0.1, 0.15) is 43.6 Å². The zero-order chi connectivity index (χ0) is 97.5. The summed E-state index contributed by atoms with van der Waals surface area (Å²) in [5, 5.41) is 64.7. The van der Waals surface area contributed by atoms with Crippen LogP contribution in [0, 0.1) is 97.1 Å². The van der Waals surface area contributed by atoms with Crippen LogP contribution in [0.1, 0.15) is 103 Å². The van der Waals surface area contributed by atoms with Crippen LogP contribution in [0.4, 0.5) is 46.0 Å². The number of nitrogens with one attached hydrogen (secondary N) is 3. The summed E-state index contributed by atoms with van der Waals surface area (Å²) in [6.45, 7) is 26.4. The number of halogens is 2. The van der Waals surface area contributed by atoms with E-state index in [0.717, 1.165) is 96.7 Å². The molecule has 46 heteroatoms. The first-order valence-electron chi connectivity index (χ1n) is 40.0. The molecule has 1 aliphatic heterocycles. The average Bonchev–Trinajstić information content (AvgIpc) is 1.61. The first-order valence-corrected chi connectivity index (χ1v) is 52.3. The molecule has 0 bridgehead atoms. The van der Waals surface area contributed by atoms with Crippen molar-refractivity contribution in [1.82, 2.24) is 55.1 Å². The maximum atomic E-state index is 11.3. The quantitative estimate of drug-likeness (QED) is 0.0147. The third-order valence-electron chi connectivity index (χ3n) is 18.8. The number of ether oxygens (including phenoxy) is 3. The molecule has 1 fully saturated rings. The number of nitrogens with two attached hydrogens (primary N) is 2. The molecule has 0 atom stereocenters. The van der Waals surface area contributed by atoms with Gasteiger partial charge in [0.05, 0.1) is 107 Å². The van der Waals surface area contributed by atoms with E-state index >= 15 is 0 Å². The van der Waals surface area contributed by atoms with Crippen molar-refractivity contribution in [3.63, 3.8) is 0 Å². The summed E-state index contributed by atoms with van der Waals surface area (Å²) in [5.41, 5.74) is 26.2. The van der Waals surface area contributed by atoms with E-state index in [1.54, 1.807) is 25.1 Å². The fraction of sp³-hybridized carbons (Fsp3) is 0.267. The SMILES string of the molecule is CC#N.COC(OC)OC.Cc1noc(C)c1-c1ccc(N)c(NCc2ccccc2)n1.Cc1noc(C)c1-c1ccc([N+](=O)[O-])c(NCc2ccccc2)n1.Cc1noc(C)c1-c1ccc2ncn(Cc3ccccc3)c2n1.Cc1noc(C)c1B1OC(C)(C)C(C)(C)O1.Nc1nc(Br)ccc1[N+](=O)[O-].O=S(=O)=S(=O)=O.O=[N+]([O-])c1ccc(Br)nc1NCc1ccccc1.[Na][Na]. The Morgan fingerprint density at radius 1 is 0.485 bits per heavy atom. The van der Waals surface area contributed by atoms with Gasteiger partial charge < -0.3 is 73.6 Å². The van der Waals surface area contributed by atoms with Crippen LogP contribution in [0.15, 0.2) is 216 Å². The summed E-state index contributed by atoms with van der Waals surface area (Å²) >= 11 is 9.12. The van der Waals surface area contributed by atoms with Gasteiger partial charge in [0.15, 0.2) is 5.65 Å². The monoisotopic (exact) mass is 1990 g/mol. The summed E-state index contributed by atoms with van der Waals surface area (Å²) < 4.78 is 85.9. The Morgan fingerprint density at radius 2 is 0.826 bits per heavy atom. The molecule has 15 rings (SSSR count). The Kier molecular flexibility index (Phi) is 44.7. The molecule has 684 valence electrons. The second kappa shape index (κ2) is 54.2. The molecule has 4 aromatic carbocycles. The van der Waals surface area contributed by atoms with E-state index in [2.05, 4.69) is 136 Å². The molecule has 0 aliphatic carbocycles. The van der Waals surface area contributed by atoms with Gasteiger partial charge in [-0.15, -0.1) is 0 Å². The Morgan fingerprint density at radius 3 is 1.19 bits per heavy atom. The number of aryl methyl sites for hydroxylation is 8. The third kappa shape index (κ3) is 32.8. The number of hydrogen-bond donors (Lipinski definition) is 5. The van der Waals surface area contributed by atoms with Crippen LogP contribution in [-0.2, 0) is 68.2 Å². The molecule has 14 aromatic rings. The molecule has 11 heterocycles. The minimum atomic E-state index is -2.95. The number of nitrogens with zero attached hydrogens (tertiary/aromatic N) is 15.